The van der Waals surface area contributed by atoms with Crippen LogP contribution in [0.15, 0.2) is 176 Å². The summed E-state index contributed by atoms with van der Waals surface area (Å²) >= 11 is 0. The molecule has 0 amide bonds. The zero-order chi connectivity index (χ0) is 34.6. The fourth-order valence-electron chi connectivity index (χ4n) is 8.60. The van der Waals surface area contributed by atoms with Gasteiger partial charge in [0.25, 0.3) is 0 Å². The van der Waals surface area contributed by atoms with Crippen LogP contribution in [0, 0.1) is 0 Å². The number of ether oxygens (including phenoxy) is 2. The van der Waals surface area contributed by atoms with E-state index in [1.807, 2.05) is 24.3 Å². The van der Waals surface area contributed by atoms with Gasteiger partial charge in [0.1, 0.15) is 0 Å². The van der Waals surface area contributed by atoms with Crippen LogP contribution in [0.4, 0.5) is 0 Å². The summed E-state index contributed by atoms with van der Waals surface area (Å²) in [6, 6.07) is 62.5. The Balaban J connectivity index is 1.08. The molecule has 0 unspecified atom stereocenters. The first kappa shape index (κ1) is 28.5. The molecule has 248 valence electrons. The molecule has 0 spiro atoms. The van der Waals surface area contributed by atoms with Gasteiger partial charge < -0.3 is 23.2 Å². The molecule has 0 fully saturated rings. The molecule has 1 aliphatic rings. The van der Waals surface area contributed by atoms with E-state index in [9.17, 15) is 0 Å². The maximum atomic E-state index is 6.39. The van der Waals surface area contributed by atoms with Gasteiger partial charge in [-0.05, 0) is 84.9 Å². The van der Waals surface area contributed by atoms with Crippen molar-refractivity contribution >= 4 is 65.4 Å². The van der Waals surface area contributed by atoms with Crippen molar-refractivity contribution < 1.29 is 9.47 Å². The summed E-state index contributed by atoms with van der Waals surface area (Å²) in [6.45, 7) is 0. The first-order valence-electron chi connectivity index (χ1n) is 17.9. The standard InChI is InChI=1S/C48H29N3O2/c1-2-12-30(13-3-1)49-39-17-7-4-14-33(39)36-26-31(22-24-42(36)49)50-40-18-8-5-15-34(40)37-27-32(23-25-43(37)50)51-41-19-9-6-16-35(41)38-28-47-48(29-44(38)51)53-46-21-11-10-20-45(46)52-47/h1-29H. The van der Waals surface area contributed by atoms with Gasteiger partial charge in [0, 0.05) is 55.4 Å². The number of rotatable bonds is 3. The topological polar surface area (TPSA) is 33.2 Å². The maximum absolute atomic E-state index is 6.39. The van der Waals surface area contributed by atoms with Crippen LogP contribution in [0.2, 0.25) is 0 Å². The highest BCUT2D eigenvalue weighted by Gasteiger charge is 2.23. The number of nitrogens with zero attached hydrogens (tertiary/aromatic N) is 3. The molecule has 0 N–H and O–H groups in total. The second kappa shape index (κ2) is 10.6. The number of para-hydroxylation sites is 6. The monoisotopic (exact) mass is 679 g/mol. The fourth-order valence-corrected chi connectivity index (χ4v) is 8.60. The summed E-state index contributed by atoms with van der Waals surface area (Å²) in [7, 11) is 0. The molecule has 0 aliphatic carbocycles. The largest absolute Gasteiger partial charge is 0.449 e. The van der Waals surface area contributed by atoms with Crippen LogP contribution < -0.4 is 9.47 Å². The molecule has 11 aromatic rings. The van der Waals surface area contributed by atoms with Crippen molar-refractivity contribution in [2.24, 2.45) is 0 Å². The number of benzene rings is 8. The van der Waals surface area contributed by atoms with Crippen molar-refractivity contribution in [2.45, 2.75) is 0 Å². The van der Waals surface area contributed by atoms with Gasteiger partial charge in [-0.15, -0.1) is 0 Å². The fraction of sp³-hybridized carbons (Fsp3) is 0. The van der Waals surface area contributed by atoms with E-state index in [-0.39, 0.29) is 0 Å². The smallest absolute Gasteiger partial charge is 0.172 e. The Bertz CT molecular complexity index is 3290. The van der Waals surface area contributed by atoms with Crippen LogP contribution in [-0.2, 0) is 0 Å². The quantitative estimate of drug-likeness (QED) is 0.186. The van der Waals surface area contributed by atoms with Gasteiger partial charge in [-0.3, -0.25) is 0 Å². The Labute approximate surface area is 303 Å². The lowest BCUT2D eigenvalue weighted by Gasteiger charge is -2.20. The third-order valence-corrected chi connectivity index (χ3v) is 10.9. The molecular weight excluding hydrogens is 651 g/mol. The molecule has 53 heavy (non-hydrogen) atoms. The van der Waals surface area contributed by atoms with E-state index in [0.717, 1.165) is 56.2 Å². The van der Waals surface area contributed by atoms with Gasteiger partial charge in [0.15, 0.2) is 23.0 Å². The van der Waals surface area contributed by atoms with Gasteiger partial charge in [-0.2, -0.15) is 0 Å². The zero-order valence-corrected chi connectivity index (χ0v) is 28.4. The Morgan fingerprint density at radius 3 is 1.19 bits per heavy atom. The lowest BCUT2D eigenvalue weighted by molar-refractivity contribution is 0.360. The summed E-state index contributed by atoms with van der Waals surface area (Å²) in [4.78, 5) is 0. The molecule has 0 atom stereocenters. The van der Waals surface area contributed by atoms with E-state index in [2.05, 4.69) is 165 Å². The third kappa shape index (κ3) is 4.02. The average molecular weight is 680 g/mol. The molecule has 8 aromatic carbocycles. The predicted octanol–water partition coefficient (Wildman–Crippen LogP) is 12.9. The van der Waals surface area contributed by atoms with Crippen molar-refractivity contribution in [3.8, 4) is 40.1 Å². The molecule has 0 saturated heterocycles. The lowest BCUT2D eigenvalue weighted by Crippen LogP contribution is -1.99. The Morgan fingerprint density at radius 2 is 0.642 bits per heavy atom. The van der Waals surface area contributed by atoms with E-state index in [4.69, 9.17) is 9.47 Å². The minimum absolute atomic E-state index is 0.710. The Morgan fingerprint density at radius 1 is 0.245 bits per heavy atom. The van der Waals surface area contributed by atoms with E-state index in [0.29, 0.717) is 5.75 Å². The number of fused-ring (bicyclic) bond motifs is 11. The maximum Gasteiger partial charge on any atom is 0.172 e. The van der Waals surface area contributed by atoms with Gasteiger partial charge in [-0.1, -0.05) is 84.9 Å². The first-order chi connectivity index (χ1) is 26.3. The van der Waals surface area contributed by atoms with Gasteiger partial charge in [0.2, 0.25) is 0 Å². The minimum atomic E-state index is 0.710. The van der Waals surface area contributed by atoms with E-state index in [1.54, 1.807) is 0 Å². The Kier molecular flexibility index (Phi) is 5.71. The van der Waals surface area contributed by atoms with Crippen LogP contribution in [0.3, 0.4) is 0 Å². The van der Waals surface area contributed by atoms with Crippen molar-refractivity contribution in [1.82, 2.24) is 13.7 Å². The van der Waals surface area contributed by atoms with Gasteiger partial charge in [-0.25, -0.2) is 0 Å². The average Bonchev–Trinajstić information content (AvgIpc) is 3.84. The van der Waals surface area contributed by atoms with Gasteiger partial charge in [0.05, 0.1) is 33.1 Å². The summed E-state index contributed by atoms with van der Waals surface area (Å²) < 4.78 is 19.9. The SMILES string of the molecule is c1ccc(-n2c3ccccc3c3cc(-n4c5ccccc5c5cc(-n6c7ccccc7c7cc8c(cc76)Oc6ccccc6O8)ccc54)ccc32)cc1. The van der Waals surface area contributed by atoms with E-state index >= 15 is 0 Å². The van der Waals surface area contributed by atoms with Crippen LogP contribution in [0.5, 0.6) is 23.0 Å². The molecule has 5 nitrogen and oxygen atoms in total. The van der Waals surface area contributed by atoms with Crippen LogP contribution in [0.1, 0.15) is 0 Å². The second-order valence-corrected chi connectivity index (χ2v) is 13.8. The molecule has 0 radical (unpaired) electrons. The molecule has 3 aromatic heterocycles. The summed E-state index contributed by atoms with van der Waals surface area (Å²) in [6.07, 6.45) is 0. The highest BCUT2D eigenvalue weighted by molar-refractivity contribution is 6.14. The normalized spacial score (nSPS) is 12.5. The lowest BCUT2D eigenvalue weighted by atomic mass is 10.1. The molecule has 1 aliphatic heterocycles. The summed E-state index contributed by atoms with van der Waals surface area (Å²) in [5.74, 6) is 2.88. The molecule has 0 bridgehead atoms. The molecule has 4 heterocycles. The van der Waals surface area contributed by atoms with Crippen molar-refractivity contribution in [3.63, 3.8) is 0 Å². The van der Waals surface area contributed by atoms with Crippen molar-refractivity contribution in [3.05, 3.63) is 176 Å². The number of hydrogen-bond donors (Lipinski definition) is 0. The van der Waals surface area contributed by atoms with Crippen LogP contribution >= 0.6 is 0 Å². The molecule has 0 saturated carbocycles. The van der Waals surface area contributed by atoms with E-state index < -0.39 is 0 Å². The number of aromatic nitrogens is 3. The minimum Gasteiger partial charge on any atom is -0.449 e. The second-order valence-electron chi connectivity index (χ2n) is 13.8. The van der Waals surface area contributed by atoms with E-state index in [1.165, 1.54) is 43.5 Å². The van der Waals surface area contributed by atoms with Crippen LogP contribution in [-0.4, -0.2) is 13.7 Å². The van der Waals surface area contributed by atoms with Gasteiger partial charge >= 0.3 is 0 Å². The zero-order valence-electron chi connectivity index (χ0n) is 28.4. The summed E-state index contributed by atoms with van der Waals surface area (Å²) in [5, 5.41) is 7.16. The molecule has 12 rings (SSSR count). The predicted molar refractivity (Wildman–Crippen MR) is 216 cm³/mol. The summed E-state index contributed by atoms with van der Waals surface area (Å²) in [5.41, 5.74) is 10.3. The number of hydrogen-bond acceptors (Lipinski definition) is 2. The van der Waals surface area contributed by atoms with Crippen LogP contribution in [0.25, 0.3) is 82.5 Å². The molecule has 5 heteroatoms. The highest BCUT2D eigenvalue weighted by atomic mass is 16.6. The van der Waals surface area contributed by atoms with Crippen molar-refractivity contribution in [2.75, 3.05) is 0 Å². The first-order valence-corrected chi connectivity index (χ1v) is 17.9. The third-order valence-electron chi connectivity index (χ3n) is 10.9. The Hall–Kier alpha value is -7.24. The highest BCUT2D eigenvalue weighted by Crippen LogP contribution is 2.48. The molecular formula is C48H29N3O2. The van der Waals surface area contributed by atoms with Crippen molar-refractivity contribution in [1.29, 1.82) is 0 Å².